The van der Waals surface area contributed by atoms with Crippen molar-refractivity contribution in [3.8, 4) is 0 Å². The third-order valence-electron chi connectivity index (χ3n) is 2.19. The van der Waals surface area contributed by atoms with Gasteiger partial charge in [-0.2, -0.15) is 0 Å². The molecule has 4 heteroatoms. The molecule has 0 saturated carbocycles. The van der Waals surface area contributed by atoms with Crippen molar-refractivity contribution < 1.29 is 5.11 Å². The number of rotatable bonds is 1. The number of anilines is 1. The number of β-amino-alcohol motifs (C(OH)–C–C–N with tert-alkyl or cyclic N) is 1. The van der Waals surface area contributed by atoms with E-state index < -0.39 is 0 Å². The first-order valence-electron chi connectivity index (χ1n) is 4.30. The van der Waals surface area contributed by atoms with E-state index in [0.717, 1.165) is 18.8 Å². The maximum absolute atomic E-state index is 9.33. The molecule has 13 heavy (non-hydrogen) atoms. The van der Waals surface area contributed by atoms with Gasteiger partial charge in [-0.15, -0.1) is 0 Å². The van der Waals surface area contributed by atoms with E-state index in [1.165, 1.54) is 0 Å². The van der Waals surface area contributed by atoms with Gasteiger partial charge in [-0.25, -0.2) is 4.98 Å². The molecule has 1 atom stereocenters. The molecule has 1 N–H and O–H groups in total. The van der Waals surface area contributed by atoms with E-state index in [1.807, 2.05) is 11.0 Å². The molecule has 0 aliphatic carbocycles. The molecule has 1 aliphatic rings. The first-order valence-corrected chi connectivity index (χ1v) is 4.68. The largest absolute Gasteiger partial charge is 0.391 e. The smallest absolute Gasteiger partial charge is 0.130 e. The van der Waals surface area contributed by atoms with Gasteiger partial charge >= 0.3 is 0 Å². The van der Waals surface area contributed by atoms with Crippen LogP contribution in [0.2, 0.25) is 5.02 Å². The summed E-state index contributed by atoms with van der Waals surface area (Å²) in [6.07, 6.45) is 2.28. The van der Waals surface area contributed by atoms with Crippen molar-refractivity contribution in [3.05, 3.63) is 23.4 Å². The molecule has 0 bridgehead atoms. The third-order valence-corrected chi connectivity index (χ3v) is 2.43. The second kappa shape index (κ2) is 3.52. The van der Waals surface area contributed by atoms with Crippen molar-refractivity contribution >= 4 is 17.4 Å². The molecule has 1 unspecified atom stereocenters. The third kappa shape index (κ3) is 1.92. The number of pyridine rings is 1. The van der Waals surface area contributed by atoms with Gasteiger partial charge in [0, 0.05) is 24.3 Å². The molecule has 1 aliphatic heterocycles. The van der Waals surface area contributed by atoms with Gasteiger partial charge in [0.25, 0.3) is 0 Å². The Morgan fingerprint density at radius 2 is 2.46 bits per heavy atom. The van der Waals surface area contributed by atoms with Crippen LogP contribution in [0.1, 0.15) is 6.42 Å². The summed E-state index contributed by atoms with van der Waals surface area (Å²) in [6.45, 7) is 1.52. The van der Waals surface area contributed by atoms with Gasteiger partial charge in [0.05, 0.1) is 6.10 Å². The minimum Gasteiger partial charge on any atom is -0.391 e. The Bertz CT molecular complexity index is 305. The summed E-state index contributed by atoms with van der Waals surface area (Å²) >= 11 is 5.83. The lowest BCUT2D eigenvalue weighted by molar-refractivity contribution is 0.198. The highest BCUT2D eigenvalue weighted by atomic mass is 35.5. The number of aliphatic hydroxyl groups excluding tert-OH is 1. The van der Waals surface area contributed by atoms with Crippen molar-refractivity contribution in [2.45, 2.75) is 12.5 Å². The van der Waals surface area contributed by atoms with Gasteiger partial charge in [0.2, 0.25) is 0 Å². The van der Waals surface area contributed by atoms with Crippen molar-refractivity contribution in [1.29, 1.82) is 0 Å². The van der Waals surface area contributed by atoms with Crippen LogP contribution >= 0.6 is 11.6 Å². The van der Waals surface area contributed by atoms with Crippen LogP contribution in [0.5, 0.6) is 0 Å². The lowest BCUT2D eigenvalue weighted by Crippen LogP contribution is -2.21. The fourth-order valence-corrected chi connectivity index (χ4v) is 1.67. The maximum atomic E-state index is 9.33. The van der Waals surface area contributed by atoms with E-state index in [4.69, 9.17) is 11.6 Å². The van der Waals surface area contributed by atoms with Crippen LogP contribution in [0.3, 0.4) is 0 Å². The van der Waals surface area contributed by atoms with Gasteiger partial charge < -0.3 is 10.0 Å². The van der Waals surface area contributed by atoms with Crippen molar-refractivity contribution in [3.63, 3.8) is 0 Å². The molecule has 0 aromatic carbocycles. The molecule has 2 rings (SSSR count). The van der Waals surface area contributed by atoms with Gasteiger partial charge in [0.1, 0.15) is 5.82 Å². The summed E-state index contributed by atoms with van der Waals surface area (Å²) in [5, 5.41) is 10.0. The molecular formula is C9H11ClN2O. The quantitative estimate of drug-likeness (QED) is 0.739. The van der Waals surface area contributed by atoms with Crippen molar-refractivity contribution in [2.24, 2.45) is 0 Å². The lowest BCUT2D eigenvalue weighted by Gasteiger charge is -2.15. The van der Waals surface area contributed by atoms with E-state index in [0.29, 0.717) is 11.6 Å². The second-order valence-corrected chi connectivity index (χ2v) is 3.66. The van der Waals surface area contributed by atoms with E-state index in [-0.39, 0.29) is 6.10 Å². The molecule has 0 radical (unpaired) electrons. The fraction of sp³-hybridized carbons (Fsp3) is 0.444. The number of halogens is 1. The Morgan fingerprint density at radius 1 is 1.62 bits per heavy atom. The molecule has 1 aromatic rings. The minimum absolute atomic E-state index is 0.221. The van der Waals surface area contributed by atoms with E-state index in [1.54, 1.807) is 12.3 Å². The Hall–Kier alpha value is -0.800. The van der Waals surface area contributed by atoms with Gasteiger partial charge in [-0.1, -0.05) is 11.6 Å². The van der Waals surface area contributed by atoms with Crippen LogP contribution in [0.25, 0.3) is 0 Å². The van der Waals surface area contributed by atoms with E-state index in [9.17, 15) is 5.11 Å². The number of aromatic nitrogens is 1. The summed E-state index contributed by atoms with van der Waals surface area (Å²) in [5.74, 6) is 0.851. The number of nitrogens with zero attached hydrogens (tertiary/aromatic N) is 2. The summed E-state index contributed by atoms with van der Waals surface area (Å²) < 4.78 is 0. The molecule has 2 heterocycles. The predicted octanol–water partition coefficient (Wildman–Crippen LogP) is 1.31. The zero-order valence-corrected chi connectivity index (χ0v) is 7.91. The van der Waals surface area contributed by atoms with E-state index in [2.05, 4.69) is 4.98 Å². The normalized spacial score (nSPS) is 22.3. The average Bonchev–Trinajstić information content (AvgIpc) is 2.52. The van der Waals surface area contributed by atoms with Crippen LogP contribution in [0.4, 0.5) is 5.82 Å². The average molecular weight is 199 g/mol. The van der Waals surface area contributed by atoms with Crippen LogP contribution in [0.15, 0.2) is 18.3 Å². The predicted molar refractivity (Wildman–Crippen MR) is 52.1 cm³/mol. The molecule has 1 fully saturated rings. The molecule has 0 spiro atoms. The van der Waals surface area contributed by atoms with Crippen molar-refractivity contribution in [1.82, 2.24) is 4.98 Å². The second-order valence-electron chi connectivity index (χ2n) is 3.22. The van der Waals surface area contributed by atoms with Gasteiger partial charge in [-0.3, -0.25) is 0 Å². The maximum Gasteiger partial charge on any atom is 0.130 e. The molecular weight excluding hydrogens is 188 g/mol. The minimum atomic E-state index is -0.221. The van der Waals surface area contributed by atoms with E-state index >= 15 is 0 Å². The Balaban J connectivity index is 2.16. The zero-order valence-electron chi connectivity index (χ0n) is 7.15. The van der Waals surface area contributed by atoms with Crippen LogP contribution < -0.4 is 4.90 Å². The molecule has 0 amide bonds. The number of aliphatic hydroxyl groups is 1. The van der Waals surface area contributed by atoms with Gasteiger partial charge in [0.15, 0.2) is 0 Å². The van der Waals surface area contributed by atoms with Crippen LogP contribution in [0, 0.1) is 0 Å². The highest BCUT2D eigenvalue weighted by Crippen LogP contribution is 2.20. The standard InChI is InChI=1S/C9H11ClN2O/c10-7-1-3-11-9(5-7)12-4-2-8(13)6-12/h1,3,5,8,13H,2,4,6H2. The number of hydrogen-bond acceptors (Lipinski definition) is 3. The Kier molecular flexibility index (Phi) is 2.38. The SMILES string of the molecule is OC1CCN(c2cc(Cl)ccn2)C1. The fourth-order valence-electron chi connectivity index (χ4n) is 1.52. The summed E-state index contributed by atoms with van der Waals surface area (Å²) in [4.78, 5) is 6.22. The van der Waals surface area contributed by atoms with Crippen LogP contribution in [-0.4, -0.2) is 29.3 Å². The Labute approximate surface area is 82.0 Å². The molecule has 3 nitrogen and oxygen atoms in total. The lowest BCUT2D eigenvalue weighted by atomic mass is 10.3. The highest BCUT2D eigenvalue weighted by molar-refractivity contribution is 6.30. The highest BCUT2D eigenvalue weighted by Gasteiger charge is 2.20. The molecule has 70 valence electrons. The monoisotopic (exact) mass is 198 g/mol. The molecule has 1 aromatic heterocycles. The summed E-state index contributed by atoms with van der Waals surface area (Å²) in [7, 11) is 0. The first-order chi connectivity index (χ1) is 6.25. The summed E-state index contributed by atoms with van der Waals surface area (Å²) in [6, 6.07) is 3.57. The Morgan fingerprint density at radius 3 is 3.08 bits per heavy atom. The number of hydrogen-bond donors (Lipinski definition) is 1. The van der Waals surface area contributed by atoms with Crippen molar-refractivity contribution in [2.75, 3.05) is 18.0 Å². The topological polar surface area (TPSA) is 36.4 Å². The first kappa shape index (κ1) is 8.78. The summed E-state index contributed by atoms with van der Waals surface area (Å²) in [5.41, 5.74) is 0. The van der Waals surface area contributed by atoms with Gasteiger partial charge in [-0.05, 0) is 18.6 Å². The molecule has 1 saturated heterocycles. The zero-order chi connectivity index (χ0) is 9.26. The van der Waals surface area contributed by atoms with Crippen LogP contribution in [-0.2, 0) is 0 Å².